The van der Waals surface area contributed by atoms with E-state index in [2.05, 4.69) is 17.6 Å². The molecule has 37 heavy (non-hydrogen) atoms. The number of carbonyl (C=O) groups is 3. The summed E-state index contributed by atoms with van der Waals surface area (Å²) in [7, 11) is 0. The second-order valence-corrected chi connectivity index (χ2v) is 12.0. The highest BCUT2D eigenvalue weighted by molar-refractivity contribution is 6.03. The zero-order chi connectivity index (χ0) is 25.7. The number of nitrogens with one attached hydrogen (secondary N) is 2. The predicted molar refractivity (Wildman–Crippen MR) is 141 cm³/mol. The molecule has 0 aromatic heterocycles. The molecule has 7 atom stereocenters. The van der Waals surface area contributed by atoms with Crippen LogP contribution in [0.25, 0.3) is 0 Å². The molecule has 3 heterocycles. The van der Waals surface area contributed by atoms with Crippen LogP contribution in [0, 0.1) is 24.7 Å². The van der Waals surface area contributed by atoms with Gasteiger partial charge in [0.25, 0.3) is 0 Å². The minimum atomic E-state index is -1.09. The SMILES string of the molecule is Cc1ccc(NC(=O)C2C3C=CC4(O3)C2C(=O)N(C2CCCCC2C)C4C(=O)NC2CCCCC2)cc1. The van der Waals surface area contributed by atoms with E-state index < -0.39 is 29.6 Å². The maximum atomic E-state index is 14.3. The van der Waals surface area contributed by atoms with Gasteiger partial charge in [0.2, 0.25) is 17.7 Å². The highest BCUT2D eigenvalue weighted by Gasteiger charge is 2.73. The minimum Gasteiger partial charge on any atom is -0.359 e. The lowest BCUT2D eigenvalue weighted by molar-refractivity contribution is -0.146. The first-order valence-corrected chi connectivity index (χ1v) is 14.3. The highest BCUT2D eigenvalue weighted by atomic mass is 16.5. The van der Waals surface area contributed by atoms with Crippen molar-refractivity contribution in [2.24, 2.45) is 17.8 Å². The topological polar surface area (TPSA) is 87.7 Å². The van der Waals surface area contributed by atoms with Gasteiger partial charge in [-0.25, -0.2) is 0 Å². The first-order valence-electron chi connectivity index (χ1n) is 14.3. The molecule has 2 aliphatic carbocycles. The number of anilines is 1. The summed E-state index contributed by atoms with van der Waals surface area (Å²) in [5.74, 6) is -1.48. The number of likely N-dealkylation sites (tertiary alicyclic amines) is 1. The molecule has 5 aliphatic rings. The van der Waals surface area contributed by atoms with Gasteiger partial charge in [0.15, 0.2) is 0 Å². The third kappa shape index (κ3) is 4.10. The average molecular weight is 506 g/mol. The van der Waals surface area contributed by atoms with Gasteiger partial charge in [-0.2, -0.15) is 0 Å². The highest BCUT2D eigenvalue weighted by Crippen LogP contribution is 2.56. The van der Waals surface area contributed by atoms with E-state index >= 15 is 0 Å². The molecule has 4 fully saturated rings. The van der Waals surface area contributed by atoms with Gasteiger partial charge in [-0.15, -0.1) is 0 Å². The van der Waals surface area contributed by atoms with Gasteiger partial charge < -0.3 is 20.3 Å². The van der Waals surface area contributed by atoms with Crippen LogP contribution in [0.1, 0.15) is 70.3 Å². The standard InChI is InChI=1S/C30H39N3O4/c1-18-12-14-21(15-13-18)31-27(34)24-23-16-17-30(37-23)25(24)29(36)33(22-11-7-6-8-19(22)2)26(30)28(35)32-20-9-4-3-5-10-20/h12-17,19-20,22-26H,3-11H2,1-2H3,(H,31,34)(H,32,35). The van der Waals surface area contributed by atoms with Gasteiger partial charge in [0.1, 0.15) is 11.6 Å². The Balaban J connectivity index is 1.33. The Hall–Kier alpha value is -2.67. The van der Waals surface area contributed by atoms with E-state index in [9.17, 15) is 14.4 Å². The summed E-state index contributed by atoms with van der Waals surface area (Å²) >= 11 is 0. The van der Waals surface area contributed by atoms with Crippen molar-refractivity contribution >= 4 is 23.4 Å². The van der Waals surface area contributed by atoms with Gasteiger partial charge in [-0.1, -0.05) is 68.9 Å². The molecule has 1 aromatic carbocycles. The van der Waals surface area contributed by atoms with Gasteiger partial charge in [-0.05, 0) is 50.7 Å². The Morgan fingerprint density at radius 1 is 0.973 bits per heavy atom. The maximum absolute atomic E-state index is 14.3. The Labute approximate surface area is 219 Å². The van der Waals surface area contributed by atoms with E-state index in [0.29, 0.717) is 11.6 Å². The van der Waals surface area contributed by atoms with E-state index in [1.807, 2.05) is 48.2 Å². The molecule has 1 spiro atoms. The Morgan fingerprint density at radius 2 is 1.68 bits per heavy atom. The number of amides is 3. The van der Waals surface area contributed by atoms with E-state index in [1.54, 1.807) is 0 Å². The molecule has 7 heteroatoms. The first kappa shape index (κ1) is 24.7. The third-order valence-electron chi connectivity index (χ3n) is 9.56. The van der Waals surface area contributed by atoms with Crippen molar-refractivity contribution in [2.45, 2.75) is 101 Å². The number of rotatable bonds is 5. The zero-order valence-electron chi connectivity index (χ0n) is 21.9. The monoisotopic (exact) mass is 505 g/mol. The Morgan fingerprint density at radius 3 is 2.41 bits per heavy atom. The number of carbonyl (C=O) groups excluding carboxylic acids is 3. The Bertz CT molecular complexity index is 1090. The molecule has 7 unspecified atom stereocenters. The van der Waals surface area contributed by atoms with Gasteiger partial charge >= 0.3 is 0 Å². The van der Waals surface area contributed by atoms with Crippen LogP contribution in [0.5, 0.6) is 0 Å². The summed E-state index contributed by atoms with van der Waals surface area (Å²) in [6.07, 6.45) is 12.8. The Kier molecular flexibility index (Phi) is 6.38. The van der Waals surface area contributed by atoms with Crippen LogP contribution >= 0.6 is 0 Å². The van der Waals surface area contributed by atoms with Crippen molar-refractivity contribution < 1.29 is 19.1 Å². The molecule has 2 saturated carbocycles. The van der Waals surface area contributed by atoms with Crippen LogP contribution in [-0.2, 0) is 19.1 Å². The summed E-state index contributed by atoms with van der Waals surface area (Å²) in [5.41, 5.74) is 0.719. The number of ether oxygens (including phenoxy) is 1. The lowest BCUT2D eigenvalue weighted by Gasteiger charge is -2.42. The van der Waals surface area contributed by atoms with E-state index in [0.717, 1.165) is 56.9 Å². The number of hydrogen-bond donors (Lipinski definition) is 2. The van der Waals surface area contributed by atoms with Crippen molar-refractivity contribution in [1.82, 2.24) is 10.2 Å². The van der Waals surface area contributed by atoms with Crippen LogP contribution in [0.4, 0.5) is 5.69 Å². The van der Waals surface area contributed by atoms with E-state index in [1.165, 1.54) is 6.42 Å². The van der Waals surface area contributed by atoms with Gasteiger partial charge in [-0.3, -0.25) is 14.4 Å². The summed E-state index contributed by atoms with van der Waals surface area (Å²) in [5, 5.41) is 6.31. The summed E-state index contributed by atoms with van der Waals surface area (Å²) in [6, 6.07) is 7.04. The van der Waals surface area contributed by atoms with E-state index in [-0.39, 0.29) is 29.8 Å². The molecule has 1 aromatic rings. The van der Waals surface area contributed by atoms with Crippen LogP contribution in [0.15, 0.2) is 36.4 Å². The van der Waals surface area contributed by atoms with Crippen LogP contribution in [0.3, 0.4) is 0 Å². The second-order valence-electron chi connectivity index (χ2n) is 12.0. The lowest BCUT2D eigenvalue weighted by atomic mass is 9.74. The number of nitrogens with zero attached hydrogens (tertiary/aromatic N) is 1. The van der Waals surface area contributed by atoms with Crippen molar-refractivity contribution in [3.05, 3.63) is 42.0 Å². The zero-order valence-corrected chi connectivity index (χ0v) is 21.9. The molecule has 2 bridgehead atoms. The molecule has 3 amide bonds. The fourth-order valence-corrected chi connectivity index (χ4v) is 7.66. The molecular formula is C30H39N3O4. The average Bonchev–Trinajstić information content (AvgIpc) is 3.54. The molecule has 6 rings (SSSR count). The first-order chi connectivity index (χ1) is 17.9. The van der Waals surface area contributed by atoms with Crippen molar-refractivity contribution in [1.29, 1.82) is 0 Å². The van der Waals surface area contributed by atoms with Crippen LogP contribution in [0.2, 0.25) is 0 Å². The molecular weight excluding hydrogens is 466 g/mol. The third-order valence-corrected chi connectivity index (χ3v) is 9.56. The van der Waals surface area contributed by atoms with Crippen molar-refractivity contribution in [3.63, 3.8) is 0 Å². The van der Waals surface area contributed by atoms with Crippen LogP contribution < -0.4 is 10.6 Å². The lowest BCUT2D eigenvalue weighted by Crippen LogP contribution is -2.59. The normalized spacial score (nSPS) is 37.0. The number of benzene rings is 1. The number of aryl methyl sites for hydroxylation is 1. The van der Waals surface area contributed by atoms with Gasteiger partial charge in [0, 0.05) is 17.8 Å². The number of fused-ring (bicyclic) bond motifs is 1. The molecule has 2 N–H and O–H groups in total. The minimum absolute atomic E-state index is 0.0137. The fraction of sp³-hybridized carbons (Fsp3) is 0.633. The van der Waals surface area contributed by atoms with Gasteiger partial charge in [0.05, 0.1) is 17.9 Å². The number of hydrogen-bond acceptors (Lipinski definition) is 4. The molecule has 198 valence electrons. The summed E-state index contributed by atoms with van der Waals surface area (Å²) in [4.78, 5) is 43.8. The molecule has 3 aliphatic heterocycles. The molecule has 0 radical (unpaired) electrons. The molecule has 7 nitrogen and oxygen atoms in total. The van der Waals surface area contributed by atoms with Crippen molar-refractivity contribution in [2.75, 3.05) is 5.32 Å². The van der Waals surface area contributed by atoms with E-state index in [4.69, 9.17) is 4.74 Å². The maximum Gasteiger partial charge on any atom is 0.246 e. The summed E-state index contributed by atoms with van der Waals surface area (Å²) in [6.45, 7) is 4.19. The quantitative estimate of drug-likeness (QED) is 0.590. The summed E-state index contributed by atoms with van der Waals surface area (Å²) < 4.78 is 6.53. The smallest absolute Gasteiger partial charge is 0.246 e. The fourth-order valence-electron chi connectivity index (χ4n) is 7.66. The largest absolute Gasteiger partial charge is 0.359 e. The predicted octanol–water partition coefficient (Wildman–Crippen LogP) is 4.11. The van der Waals surface area contributed by atoms with Crippen LogP contribution in [-0.4, -0.2) is 52.5 Å². The van der Waals surface area contributed by atoms with Crippen molar-refractivity contribution in [3.8, 4) is 0 Å². The second kappa shape index (κ2) is 9.57. The molecule has 2 saturated heterocycles.